The molecule has 0 bridgehead atoms. The molecule has 23 heavy (non-hydrogen) atoms. The van der Waals surface area contributed by atoms with Gasteiger partial charge in [-0.15, -0.1) is 0 Å². The summed E-state index contributed by atoms with van der Waals surface area (Å²) in [6.45, 7) is 0. The molecule has 1 aromatic heterocycles. The summed E-state index contributed by atoms with van der Waals surface area (Å²) in [6, 6.07) is 14.5. The number of aromatic amines is 1. The molecule has 0 atom stereocenters. The van der Waals surface area contributed by atoms with Crippen molar-refractivity contribution in [1.82, 2.24) is 9.78 Å². The van der Waals surface area contributed by atoms with Crippen LogP contribution in [0.2, 0.25) is 0 Å². The van der Waals surface area contributed by atoms with Gasteiger partial charge in [-0.3, -0.25) is 20.0 Å². The van der Waals surface area contributed by atoms with Crippen molar-refractivity contribution >= 4 is 5.69 Å². The minimum absolute atomic E-state index is 0.00526. The van der Waals surface area contributed by atoms with Crippen LogP contribution >= 0.6 is 0 Å². The molecule has 0 radical (unpaired) electrons. The molecular formula is C16H13N3O4. The van der Waals surface area contributed by atoms with E-state index in [9.17, 15) is 14.9 Å². The van der Waals surface area contributed by atoms with Crippen LogP contribution in [0.3, 0.4) is 0 Å². The van der Waals surface area contributed by atoms with Gasteiger partial charge in [0.1, 0.15) is 5.75 Å². The Labute approximate surface area is 130 Å². The number of hydrogen-bond donors (Lipinski definition) is 1. The van der Waals surface area contributed by atoms with Crippen LogP contribution in [-0.2, 0) is 0 Å². The van der Waals surface area contributed by atoms with Crippen LogP contribution in [0.1, 0.15) is 0 Å². The maximum absolute atomic E-state index is 12.1. The Morgan fingerprint density at radius 1 is 1.09 bits per heavy atom. The minimum Gasteiger partial charge on any atom is -0.497 e. The fourth-order valence-electron chi connectivity index (χ4n) is 2.23. The SMILES string of the molecule is COc1ccc(-n2[nH]c(-c3ccc([N+](=O)[O-])cc3)cc2=O)cc1. The molecule has 0 aliphatic rings. The van der Waals surface area contributed by atoms with Crippen molar-refractivity contribution in [3.05, 3.63) is 75.1 Å². The molecule has 0 amide bonds. The number of aromatic nitrogens is 2. The predicted molar refractivity (Wildman–Crippen MR) is 85.0 cm³/mol. The maximum atomic E-state index is 12.1. The Morgan fingerprint density at radius 2 is 1.74 bits per heavy atom. The van der Waals surface area contributed by atoms with Gasteiger partial charge >= 0.3 is 0 Å². The van der Waals surface area contributed by atoms with Crippen LogP contribution in [0.15, 0.2) is 59.4 Å². The number of nitrogens with one attached hydrogen (secondary N) is 1. The highest BCUT2D eigenvalue weighted by atomic mass is 16.6. The summed E-state index contributed by atoms with van der Waals surface area (Å²) < 4.78 is 6.49. The Kier molecular flexibility index (Phi) is 3.68. The average Bonchev–Trinajstić information content (AvgIpc) is 2.97. The molecule has 2 aromatic carbocycles. The van der Waals surface area contributed by atoms with E-state index in [1.165, 1.54) is 22.9 Å². The standard InChI is InChI=1S/C16H13N3O4/c1-23-14-8-6-12(7-9-14)18-16(20)10-15(17-18)11-2-4-13(5-3-11)19(21)22/h2-10,17H,1H3. The van der Waals surface area contributed by atoms with Crippen LogP contribution in [0.5, 0.6) is 5.75 Å². The van der Waals surface area contributed by atoms with Gasteiger partial charge in [-0.05, 0) is 36.4 Å². The maximum Gasteiger partial charge on any atom is 0.271 e. The lowest BCUT2D eigenvalue weighted by Crippen LogP contribution is -2.13. The third kappa shape index (κ3) is 2.84. The van der Waals surface area contributed by atoms with Crippen molar-refractivity contribution in [2.24, 2.45) is 0 Å². The molecule has 1 heterocycles. The lowest BCUT2D eigenvalue weighted by Gasteiger charge is -2.04. The first-order valence-corrected chi connectivity index (χ1v) is 6.80. The summed E-state index contributed by atoms with van der Waals surface area (Å²) in [6.07, 6.45) is 0. The first-order chi connectivity index (χ1) is 11.1. The Balaban J connectivity index is 1.96. The second-order valence-corrected chi connectivity index (χ2v) is 4.85. The minimum atomic E-state index is -0.463. The van der Waals surface area contributed by atoms with E-state index >= 15 is 0 Å². The van der Waals surface area contributed by atoms with E-state index in [0.717, 1.165) is 0 Å². The number of benzene rings is 2. The molecule has 1 N–H and O–H groups in total. The summed E-state index contributed by atoms with van der Waals surface area (Å²) in [7, 11) is 1.57. The predicted octanol–water partition coefficient (Wildman–Crippen LogP) is 2.75. The number of non-ortho nitro benzene ring substituents is 1. The molecule has 0 aliphatic carbocycles. The zero-order valence-electron chi connectivity index (χ0n) is 12.2. The van der Waals surface area contributed by atoms with Crippen LogP contribution < -0.4 is 10.3 Å². The van der Waals surface area contributed by atoms with Crippen LogP contribution in [0.4, 0.5) is 5.69 Å². The molecule has 7 nitrogen and oxygen atoms in total. The summed E-state index contributed by atoms with van der Waals surface area (Å²) in [4.78, 5) is 22.4. The monoisotopic (exact) mass is 311 g/mol. The number of ether oxygens (including phenoxy) is 1. The van der Waals surface area contributed by atoms with Crippen molar-refractivity contribution < 1.29 is 9.66 Å². The van der Waals surface area contributed by atoms with E-state index in [4.69, 9.17) is 4.74 Å². The van der Waals surface area contributed by atoms with Crippen molar-refractivity contribution in [3.63, 3.8) is 0 Å². The van der Waals surface area contributed by atoms with Crippen LogP contribution in [0, 0.1) is 10.1 Å². The van der Waals surface area contributed by atoms with E-state index in [-0.39, 0.29) is 11.2 Å². The number of hydrogen-bond acceptors (Lipinski definition) is 4. The number of nitro groups is 1. The zero-order chi connectivity index (χ0) is 16.4. The van der Waals surface area contributed by atoms with Gasteiger partial charge in [-0.25, -0.2) is 4.68 Å². The van der Waals surface area contributed by atoms with Crippen molar-refractivity contribution in [3.8, 4) is 22.7 Å². The summed E-state index contributed by atoms with van der Waals surface area (Å²) in [5.41, 5.74) is 1.74. The molecule has 0 unspecified atom stereocenters. The second-order valence-electron chi connectivity index (χ2n) is 4.85. The van der Waals surface area contributed by atoms with Gasteiger partial charge in [-0.2, -0.15) is 0 Å². The fraction of sp³-hybridized carbons (Fsp3) is 0.0625. The van der Waals surface area contributed by atoms with E-state index < -0.39 is 4.92 Å². The molecule has 0 aliphatic heterocycles. The van der Waals surface area contributed by atoms with E-state index in [0.29, 0.717) is 22.7 Å². The van der Waals surface area contributed by atoms with Crippen LogP contribution in [-0.4, -0.2) is 21.8 Å². The number of nitrogens with zero attached hydrogens (tertiary/aromatic N) is 2. The fourth-order valence-corrected chi connectivity index (χ4v) is 2.23. The first-order valence-electron chi connectivity index (χ1n) is 6.80. The molecule has 0 fully saturated rings. The van der Waals surface area contributed by atoms with Crippen LogP contribution in [0.25, 0.3) is 16.9 Å². The quantitative estimate of drug-likeness (QED) is 0.592. The van der Waals surface area contributed by atoms with Gasteiger partial charge in [-0.1, -0.05) is 0 Å². The lowest BCUT2D eigenvalue weighted by atomic mass is 10.1. The van der Waals surface area contributed by atoms with Gasteiger partial charge in [0.2, 0.25) is 0 Å². The molecule has 3 aromatic rings. The lowest BCUT2D eigenvalue weighted by molar-refractivity contribution is -0.384. The van der Waals surface area contributed by atoms with Gasteiger partial charge in [0.25, 0.3) is 11.2 Å². The zero-order valence-corrected chi connectivity index (χ0v) is 12.2. The summed E-state index contributed by atoms with van der Waals surface area (Å²) in [5, 5.41) is 13.7. The topological polar surface area (TPSA) is 90.2 Å². The highest BCUT2D eigenvalue weighted by molar-refractivity contribution is 5.60. The molecular weight excluding hydrogens is 298 g/mol. The highest BCUT2D eigenvalue weighted by Crippen LogP contribution is 2.21. The van der Waals surface area contributed by atoms with Gasteiger partial charge < -0.3 is 4.74 Å². The first kappa shape index (κ1) is 14.6. The number of nitro benzene ring substituents is 1. The van der Waals surface area contributed by atoms with E-state index in [2.05, 4.69) is 5.10 Å². The van der Waals surface area contributed by atoms with Crippen molar-refractivity contribution in [2.75, 3.05) is 7.11 Å². The number of H-pyrrole nitrogens is 1. The highest BCUT2D eigenvalue weighted by Gasteiger charge is 2.09. The third-order valence-electron chi connectivity index (χ3n) is 3.44. The summed E-state index contributed by atoms with van der Waals surface area (Å²) in [5.74, 6) is 0.698. The van der Waals surface area contributed by atoms with Gasteiger partial charge in [0.05, 0.1) is 23.4 Å². The van der Waals surface area contributed by atoms with Crippen molar-refractivity contribution in [2.45, 2.75) is 0 Å². The molecule has 3 rings (SSSR count). The smallest absolute Gasteiger partial charge is 0.271 e. The van der Waals surface area contributed by atoms with Crippen molar-refractivity contribution in [1.29, 1.82) is 0 Å². The van der Waals surface area contributed by atoms with Gasteiger partial charge in [0, 0.05) is 23.8 Å². The largest absolute Gasteiger partial charge is 0.497 e. The number of rotatable bonds is 4. The molecule has 0 spiro atoms. The Bertz CT molecular complexity index is 892. The average molecular weight is 311 g/mol. The molecule has 116 valence electrons. The Morgan fingerprint density at radius 3 is 2.30 bits per heavy atom. The van der Waals surface area contributed by atoms with E-state index in [1.807, 2.05) is 0 Å². The summed E-state index contributed by atoms with van der Waals surface area (Å²) >= 11 is 0. The van der Waals surface area contributed by atoms with Gasteiger partial charge in [0.15, 0.2) is 0 Å². The third-order valence-corrected chi connectivity index (χ3v) is 3.44. The Hall–Kier alpha value is -3.35. The molecule has 7 heteroatoms. The van der Waals surface area contributed by atoms with E-state index in [1.54, 1.807) is 43.5 Å². The molecule has 0 saturated carbocycles. The molecule has 0 saturated heterocycles. The second kappa shape index (κ2) is 5.80. The normalized spacial score (nSPS) is 10.5. The number of methoxy groups -OCH3 is 1.